The van der Waals surface area contributed by atoms with Gasteiger partial charge in [0.05, 0.1) is 20.1 Å². The van der Waals surface area contributed by atoms with E-state index in [0.29, 0.717) is 13.0 Å². The molecule has 3 rings (SSSR count). The van der Waals surface area contributed by atoms with Gasteiger partial charge in [0.1, 0.15) is 17.4 Å². The van der Waals surface area contributed by atoms with Crippen molar-refractivity contribution in [1.29, 1.82) is 0 Å². The zero-order chi connectivity index (χ0) is 15.5. The van der Waals surface area contributed by atoms with E-state index in [0.717, 1.165) is 35.8 Å². The predicted octanol–water partition coefficient (Wildman–Crippen LogP) is 1.61. The van der Waals surface area contributed by atoms with Crippen LogP contribution in [0.15, 0.2) is 24.3 Å². The van der Waals surface area contributed by atoms with Gasteiger partial charge in [0, 0.05) is 24.9 Å². The summed E-state index contributed by atoms with van der Waals surface area (Å²) in [5, 5.41) is 8.54. The summed E-state index contributed by atoms with van der Waals surface area (Å²) in [5.41, 5.74) is 1.06. The van der Waals surface area contributed by atoms with Crippen LogP contribution in [0.25, 0.3) is 0 Å². The number of ether oxygens (including phenoxy) is 2. The molecule has 2 aromatic rings. The summed E-state index contributed by atoms with van der Waals surface area (Å²) in [6.07, 6.45) is 2.14. The summed E-state index contributed by atoms with van der Waals surface area (Å²) in [6, 6.07) is 7.86. The third-order valence-corrected chi connectivity index (χ3v) is 4.10. The molecule has 0 saturated heterocycles. The summed E-state index contributed by atoms with van der Waals surface area (Å²) in [4.78, 5) is 11.8. The lowest BCUT2D eigenvalue weighted by Gasteiger charge is -2.22. The maximum atomic E-state index is 11.8. The Hall–Kier alpha value is -2.37. The lowest BCUT2D eigenvalue weighted by atomic mass is 9.99. The molecule has 0 N–H and O–H groups in total. The summed E-state index contributed by atoms with van der Waals surface area (Å²) in [5.74, 6) is 2.34. The highest BCUT2D eigenvalue weighted by atomic mass is 16.5. The summed E-state index contributed by atoms with van der Waals surface area (Å²) < 4.78 is 12.3. The molecule has 0 bridgehead atoms. The minimum Gasteiger partial charge on any atom is -0.496 e. The fourth-order valence-electron chi connectivity index (χ4n) is 2.89. The first-order chi connectivity index (χ1) is 10.7. The number of carbonyl (C=O) groups excluding carboxylic acids is 1. The Balaban J connectivity index is 1.85. The van der Waals surface area contributed by atoms with Gasteiger partial charge in [0.2, 0.25) is 0 Å². The van der Waals surface area contributed by atoms with Crippen LogP contribution < -0.4 is 4.74 Å². The number of rotatable bonds is 4. The van der Waals surface area contributed by atoms with Gasteiger partial charge in [0.25, 0.3) is 0 Å². The molecule has 1 aromatic carbocycles. The van der Waals surface area contributed by atoms with Crippen LogP contribution in [0.3, 0.4) is 0 Å². The topological polar surface area (TPSA) is 66.2 Å². The Morgan fingerprint density at radius 1 is 1.32 bits per heavy atom. The molecule has 2 heterocycles. The first kappa shape index (κ1) is 14.6. The van der Waals surface area contributed by atoms with Gasteiger partial charge in [-0.2, -0.15) is 0 Å². The molecular formula is C16H19N3O3. The molecule has 6 nitrogen and oxygen atoms in total. The monoisotopic (exact) mass is 301 g/mol. The Morgan fingerprint density at radius 2 is 2.14 bits per heavy atom. The zero-order valence-electron chi connectivity index (χ0n) is 12.8. The van der Waals surface area contributed by atoms with E-state index in [1.54, 1.807) is 7.11 Å². The minimum absolute atomic E-state index is 0.120. The Kier molecular flexibility index (Phi) is 4.09. The van der Waals surface area contributed by atoms with Gasteiger partial charge in [-0.25, -0.2) is 0 Å². The number of hydrogen-bond acceptors (Lipinski definition) is 5. The first-order valence-electron chi connectivity index (χ1n) is 7.33. The molecule has 1 unspecified atom stereocenters. The quantitative estimate of drug-likeness (QED) is 0.803. The van der Waals surface area contributed by atoms with Crippen LogP contribution in [0.2, 0.25) is 0 Å². The van der Waals surface area contributed by atoms with Crippen LogP contribution in [0.5, 0.6) is 5.75 Å². The zero-order valence-corrected chi connectivity index (χ0v) is 12.8. The van der Waals surface area contributed by atoms with E-state index in [1.165, 1.54) is 7.11 Å². The van der Waals surface area contributed by atoms with Gasteiger partial charge in [-0.3, -0.25) is 4.79 Å². The molecule has 0 aliphatic carbocycles. The second kappa shape index (κ2) is 6.17. The van der Waals surface area contributed by atoms with Crippen LogP contribution in [0, 0.1) is 5.92 Å². The highest BCUT2D eigenvalue weighted by Crippen LogP contribution is 2.25. The van der Waals surface area contributed by atoms with Crippen molar-refractivity contribution in [2.45, 2.75) is 25.8 Å². The summed E-state index contributed by atoms with van der Waals surface area (Å²) in [7, 11) is 3.09. The van der Waals surface area contributed by atoms with E-state index >= 15 is 0 Å². The molecule has 0 spiro atoms. The number of hydrogen-bond donors (Lipinski definition) is 0. The van der Waals surface area contributed by atoms with Crippen LogP contribution in [-0.2, 0) is 28.9 Å². The Labute approximate surface area is 129 Å². The molecule has 1 aliphatic heterocycles. The van der Waals surface area contributed by atoms with E-state index in [2.05, 4.69) is 10.2 Å². The predicted molar refractivity (Wildman–Crippen MR) is 79.6 cm³/mol. The molecule has 0 fully saturated rings. The maximum absolute atomic E-state index is 11.8. The normalized spacial score (nSPS) is 16.9. The van der Waals surface area contributed by atoms with E-state index in [1.807, 2.05) is 28.8 Å². The number of aryl methyl sites for hydroxylation is 1. The number of nitrogens with zero attached hydrogens (tertiary/aromatic N) is 3. The molecule has 0 saturated carbocycles. The maximum Gasteiger partial charge on any atom is 0.310 e. The van der Waals surface area contributed by atoms with E-state index in [4.69, 9.17) is 9.47 Å². The number of aromatic nitrogens is 3. The van der Waals surface area contributed by atoms with Gasteiger partial charge in [-0.1, -0.05) is 18.2 Å². The van der Waals surface area contributed by atoms with Crippen LogP contribution in [-0.4, -0.2) is 35.0 Å². The van der Waals surface area contributed by atoms with Crippen LogP contribution in [0.1, 0.15) is 23.6 Å². The smallest absolute Gasteiger partial charge is 0.310 e. The van der Waals surface area contributed by atoms with Crippen molar-refractivity contribution in [3.8, 4) is 5.75 Å². The molecular weight excluding hydrogens is 282 g/mol. The fraction of sp³-hybridized carbons (Fsp3) is 0.438. The standard InChI is InChI=1S/C16H19N3O3/c1-21-13-6-4-3-5-11(13)9-15-18-17-14-8-7-12(10-19(14)15)16(20)22-2/h3-6,12H,7-10H2,1-2H3. The van der Waals surface area contributed by atoms with Gasteiger partial charge in [-0.05, 0) is 12.5 Å². The largest absolute Gasteiger partial charge is 0.496 e. The lowest BCUT2D eigenvalue weighted by Crippen LogP contribution is -2.28. The molecule has 0 amide bonds. The average molecular weight is 301 g/mol. The number of esters is 1. The van der Waals surface area contributed by atoms with Crippen molar-refractivity contribution in [1.82, 2.24) is 14.8 Å². The molecule has 1 atom stereocenters. The molecule has 22 heavy (non-hydrogen) atoms. The molecule has 116 valence electrons. The lowest BCUT2D eigenvalue weighted by molar-refractivity contribution is -0.146. The van der Waals surface area contributed by atoms with Crippen molar-refractivity contribution in [3.05, 3.63) is 41.5 Å². The average Bonchev–Trinajstić information content (AvgIpc) is 2.97. The van der Waals surface area contributed by atoms with E-state index in [-0.39, 0.29) is 11.9 Å². The number of benzene rings is 1. The molecule has 1 aromatic heterocycles. The SMILES string of the molecule is COC(=O)C1CCc2nnc(Cc3ccccc3OC)n2C1. The number of methoxy groups -OCH3 is 2. The third-order valence-electron chi connectivity index (χ3n) is 4.10. The second-order valence-electron chi connectivity index (χ2n) is 5.39. The summed E-state index contributed by atoms with van der Waals surface area (Å²) in [6.45, 7) is 0.583. The molecule has 6 heteroatoms. The van der Waals surface area contributed by atoms with Gasteiger partial charge in [-0.15, -0.1) is 10.2 Å². The Bertz CT molecular complexity index is 681. The van der Waals surface area contributed by atoms with E-state index < -0.39 is 0 Å². The molecule has 1 aliphatic rings. The van der Waals surface area contributed by atoms with Crippen LogP contribution in [0.4, 0.5) is 0 Å². The minimum atomic E-state index is -0.164. The highest BCUT2D eigenvalue weighted by molar-refractivity contribution is 5.72. The molecule has 0 radical (unpaired) electrons. The van der Waals surface area contributed by atoms with E-state index in [9.17, 15) is 4.79 Å². The van der Waals surface area contributed by atoms with Gasteiger partial charge >= 0.3 is 5.97 Å². The third kappa shape index (κ3) is 2.68. The fourth-order valence-corrected chi connectivity index (χ4v) is 2.89. The second-order valence-corrected chi connectivity index (χ2v) is 5.39. The number of carbonyl (C=O) groups is 1. The van der Waals surface area contributed by atoms with Crippen LogP contribution >= 0.6 is 0 Å². The number of para-hydroxylation sites is 1. The first-order valence-corrected chi connectivity index (χ1v) is 7.33. The summed E-state index contributed by atoms with van der Waals surface area (Å²) >= 11 is 0. The van der Waals surface area contributed by atoms with Crippen molar-refractivity contribution >= 4 is 5.97 Å². The highest BCUT2D eigenvalue weighted by Gasteiger charge is 2.28. The van der Waals surface area contributed by atoms with Crippen molar-refractivity contribution in [2.75, 3.05) is 14.2 Å². The van der Waals surface area contributed by atoms with Gasteiger partial charge in [0.15, 0.2) is 0 Å². The Morgan fingerprint density at radius 3 is 2.91 bits per heavy atom. The van der Waals surface area contributed by atoms with Crippen molar-refractivity contribution in [2.24, 2.45) is 5.92 Å². The number of fused-ring (bicyclic) bond motifs is 1. The van der Waals surface area contributed by atoms with Crippen molar-refractivity contribution < 1.29 is 14.3 Å². The van der Waals surface area contributed by atoms with Gasteiger partial charge < -0.3 is 14.0 Å². The van der Waals surface area contributed by atoms with Crippen molar-refractivity contribution in [3.63, 3.8) is 0 Å².